The van der Waals surface area contributed by atoms with Crippen LogP contribution in [0.15, 0.2) is 71.7 Å². The summed E-state index contributed by atoms with van der Waals surface area (Å²) in [6.45, 7) is 2.80. The zero-order valence-electron chi connectivity index (χ0n) is 21.4. The van der Waals surface area contributed by atoms with Crippen LogP contribution < -0.4 is 4.74 Å². The third-order valence-corrected chi connectivity index (χ3v) is 7.68. The maximum atomic E-state index is 15.5. The fraction of sp³-hybridized carbons (Fsp3) is 0.310. The van der Waals surface area contributed by atoms with Gasteiger partial charge in [0.05, 0.1) is 25.3 Å². The third-order valence-electron chi connectivity index (χ3n) is 7.17. The lowest BCUT2D eigenvalue weighted by molar-refractivity contribution is 0.108. The van der Waals surface area contributed by atoms with Crippen molar-refractivity contribution in [2.75, 3.05) is 46.4 Å². The van der Waals surface area contributed by atoms with Gasteiger partial charge < -0.3 is 14.7 Å². The minimum absolute atomic E-state index is 0.0609. The number of halogens is 3. The number of urea groups is 1. The van der Waals surface area contributed by atoms with Crippen molar-refractivity contribution in [1.29, 1.82) is 0 Å². The van der Waals surface area contributed by atoms with E-state index in [4.69, 9.17) is 32.9 Å². The molecule has 0 bridgehead atoms. The summed E-state index contributed by atoms with van der Waals surface area (Å²) in [7, 11) is 1.47. The van der Waals surface area contributed by atoms with Gasteiger partial charge >= 0.3 is 6.03 Å². The van der Waals surface area contributed by atoms with E-state index in [0.717, 1.165) is 11.1 Å². The monoisotopic (exact) mass is 570 g/mol. The van der Waals surface area contributed by atoms with Crippen LogP contribution in [0.25, 0.3) is 0 Å². The summed E-state index contributed by atoms with van der Waals surface area (Å²) in [5, 5.41) is 10.5. The minimum atomic E-state index is -0.578. The second-order valence-electron chi connectivity index (χ2n) is 9.47. The van der Waals surface area contributed by atoms with E-state index in [2.05, 4.69) is 4.90 Å². The summed E-state index contributed by atoms with van der Waals surface area (Å²) >= 11 is 12.4. The molecule has 2 aliphatic rings. The average molecular weight is 571 g/mol. The van der Waals surface area contributed by atoms with E-state index < -0.39 is 17.9 Å². The van der Waals surface area contributed by atoms with Crippen LogP contribution in [0.1, 0.15) is 28.8 Å². The summed E-state index contributed by atoms with van der Waals surface area (Å²) in [6.07, 6.45) is 0. The number of carbonyl (C=O) groups is 1. The molecule has 0 radical (unpaired) electrons. The number of amidine groups is 1. The number of aliphatic hydroxyl groups excluding tert-OH is 1. The largest absolute Gasteiger partial charge is 0.496 e. The minimum Gasteiger partial charge on any atom is -0.496 e. The normalized spacial score (nSPS) is 19.8. The van der Waals surface area contributed by atoms with Gasteiger partial charge in [0, 0.05) is 42.8 Å². The maximum Gasteiger partial charge on any atom is 0.326 e. The number of β-amino-alcohol motifs (C(OH)–C–C–N with tert-alkyl or cyclic N) is 1. The lowest BCUT2D eigenvalue weighted by Crippen LogP contribution is -2.54. The molecule has 2 atom stereocenters. The number of hydrogen-bond donors (Lipinski definition) is 1. The van der Waals surface area contributed by atoms with Gasteiger partial charge in [-0.05, 0) is 47.5 Å². The molecule has 2 aliphatic heterocycles. The number of rotatable bonds is 6. The van der Waals surface area contributed by atoms with Crippen LogP contribution in [0, 0.1) is 5.82 Å². The van der Waals surface area contributed by atoms with Crippen LogP contribution >= 0.6 is 23.2 Å². The van der Waals surface area contributed by atoms with Gasteiger partial charge in [0.1, 0.15) is 23.4 Å². The molecule has 0 aliphatic carbocycles. The summed E-state index contributed by atoms with van der Waals surface area (Å²) in [6, 6.07) is 17.7. The number of nitrogens with zero attached hydrogens (tertiary/aromatic N) is 4. The smallest absolute Gasteiger partial charge is 0.326 e. The van der Waals surface area contributed by atoms with Crippen molar-refractivity contribution in [2.45, 2.75) is 12.1 Å². The Labute approximate surface area is 237 Å². The summed E-state index contributed by atoms with van der Waals surface area (Å²) < 4.78 is 21.0. The highest BCUT2D eigenvalue weighted by atomic mass is 35.5. The van der Waals surface area contributed by atoms with Gasteiger partial charge in [-0.2, -0.15) is 0 Å². The molecule has 5 rings (SSSR count). The predicted octanol–water partition coefficient (Wildman–Crippen LogP) is 5.42. The molecule has 3 aromatic carbocycles. The van der Waals surface area contributed by atoms with Crippen LogP contribution in [0.5, 0.6) is 5.75 Å². The third kappa shape index (κ3) is 5.61. The van der Waals surface area contributed by atoms with Crippen molar-refractivity contribution < 1.29 is 19.0 Å². The van der Waals surface area contributed by atoms with Gasteiger partial charge in [-0.15, -0.1) is 0 Å². The lowest BCUT2D eigenvalue weighted by Gasteiger charge is -2.39. The molecule has 0 spiro atoms. The fourth-order valence-electron chi connectivity index (χ4n) is 5.19. The van der Waals surface area contributed by atoms with E-state index in [9.17, 15) is 9.90 Å². The van der Waals surface area contributed by atoms with E-state index >= 15 is 4.39 Å². The number of piperazine rings is 1. The quantitative estimate of drug-likeness (QED) is 0.430. The standard InChI is InChI=1S/C29H29Cl2FN4O3/c1-39-24-4-2-3-23(32)25(24)28-33-26(19-5-9-21(30)10-6-19)27(20-7-11-22(31)12-8-20)36(28)29(38)35-15-13-34(14-16-35)17-18-37/h2-12,26-27,37H,13-18H2,1H3. The molecule has 1 N–H and O–H groups in total. The van der Waals surface area contributed by atoms with Crippen molar-refractivity contribution in [3.8, 4) is 5.75 Å². The number of carbonyl (C=O) groups excluding carboxylic acids is 1. The van der Waals surface area contributed by atoms with E-state index in [-0.39, 0.29) is 29.8 Å². The average Bonchev–Trinajstić information content (AvgIpc) is 3.34. The first kappa shape index (κ1) is 27.4. The van der Waals surface area contributed by atoms with E-state index in [0.29, 0.717) is 42.8 Å². The maximum absolute atomic E-state index is 15.5. The van der Waals surface area contributed by atoms with Crippen LogP contribution in [-0.2, 0) is 0 Å². The number of ether oxygens (including phenoxy) is 1. The Balaban J connectivity index is 1.64. The molecule has 2 heterocycles. The highest BCUT2D eigenvalue weighted by Gasteiger charge is 2.45. The fourth-order valence-corrected chi connectivity index (χ4v) is 5.44. The molecule has 39 heavy (non-hydrogen) atoms. The number of aliphatic hydroxyl groups is 1. The molecule has 2 amide bonds. The second-order valence-corrected chi connectivity index (χ2v) is 10.3. The van der Waals surface area contributed by atoms with E-state index in [1.54, 1.807) is 46.2 Å². The van der Waals surface area contributed by atoms with Gasteiger partial charge in [0.2, 0.25) is 0 Å². The Morgan fingerprint density at radius 2 is 1.59 bits per heavy atom. The lowest BCUT2D eigenvalue weighted by atomic mass is 9.93. The van der Waals surface area contributed by atoms with Gasteiger partial charge in [0.25, 0.3) is 0 Å². The number of benzene rings is 3. The predicted molar refractivity (Wildman–Crippen MR) is 150 cm³/mol. The van der Waals surface area contributed by atoms with Crippen molar-refractivity contribution in [2.24, 2.45) is 4.99 Å². The Hall–Kier alpha value is -3.17. The first-order valence-electron chi connectivity index (χ1n) is 12.7. The Bertz CT molecular complexity index is 1350. The van der Waals surface area contributed by atoms with Gasteiger partial charge in [-0.25, -0.2) is 9.18 Å². The molecular formula is C29H29Cl2FN4O3. The highest BCUT2D eigenvalue weighted by molar-refractivity contribution is 6.30. The molecule has 7 nitrogen and oxygen atoms in total. The zero-order valence-corrected chi connectivity index (χ0v) is 22.9. The molecule has 204 valence electrons. The molecular weight excluding hydrogens is 542 g/mol. The molecule has 1 saturated heterocycles. The second kappa shape index (κ2) is 11.9. The van der Waals surface area contributed by atoms with Crippen molar-refractivity contribution in [3.05, 3.63) is 99.3 Å². The van der Waals surface area contributed by atoms with Crippen molar-refractivity contribution >= 4 is 35.1 Å². The first-order chi connectivity index (χ1) is 18.9. The van der Waals surface area contributed by atoms with Gasteiger partial charge in [-0.3, -0.25) is 14.8 Å². The molecule has 2 unspecified atom stereocenters. The highest BCUT2D eigenvalue weighted by Crippen LogP contribution is 2.45. The SMILES string of the molecule is COc1cccc(F)c1C1=NC(c2ccc(Cl)cc2)C(c2ccc(Cl)cc2)N1C(=O)N1CCN(CCO)CC1. The van der Waals surface area contributed by atoms with Crippen LogP contribution in [0.2, 0.25) is 10.0 Å². The first-order valence-corrected chi connectivity index (χ1v) is 13.5. The topological polar surface area (TPSA) is 68.6 Å². The Morgan fingerprint density at radius 1 is 0.974 bits per heavy atom. The number of methoxy groups -OCH3 is 1. The van der Waals surface area contributed by atoms with Crippen LogP contribution in [0.3, 0.4) is 0 Å². The zero-order chi connectivity index (χ0) is 27.5. The molecule has 3 aromatic rings. The van der Waals surface area contributed by atoms with E-state index in [1.807, 2.05) is 24.3 Å². The van der Waals surface area contributed by atoms with Crippen molar-refractivity contribution in [1.82, 2.24) is 14.7 Å². The number of aliphatic imine (C=N–C) groups is 1. The van der Waals surface area contributed by atoms with Gasteiger partial charge in [0.15, 0.2) is 0 Å². The number of hydrogen-bond acceptors (Lipinski definition) is 5. The van der Waals surface area contributed by atoms with Crippen LogP contribution in [-0.4, -0.2) is 78.1 Å². The molecule has 0 saturated carbocycles. The summed E-state index contributed by atoms with van der Waals surface area (Å²) in [4.78, 5) is 24.8. The molecule has 0 aromatic heterocycles. The van der Waals surface area contributed by atoms with Gasteiger partial charge in [-0.1, -0.05) is 53.5 Å². The Kier molecular flexibility index (Phi) is 8.37. The molecule has 1 fully saturated rings. The summed E-state index contributed by atoms with van der Waals surface area (Å²) in [5.74, 6) is -0.0520. The molecule has 10 heteroatoms. The van der Waals surface area contributed by atoms with Crippen LogP contribution in [0.4, 0.5) is 9.18 Å². The van der Waals surface area contributed by atoms with E-state index in [1.165, 1.54) is 13.2 Å². The van der Waals surface area contributed by atoms with Crippen molar-refractivity contribution in [3.63, 3.8) is 0 Å². The Morgan fingerprint density at radius 3 is 2.18 bits per heavy atom. The summed E-state index contributed by atoms with van der Waals surface area (Å²) in [5.41, 5.74) is 1.76. The number of amides is 2.